The molecule has 0 bridgehead atoms. The second-order valence-electron chi connectivity index (χ2n) is 3.39. The first-order valence-electron chi connectivity index (χ1n) is 4.69. The fourth-order valence-corrected chi connectivity index (χ4v) is 3.34. The lowest BCUT2D eigenvalue weighted by Crippen LogP contribution is -1.88. The molecule has 4 heteroatoms. The highest BCUT2D eigenvalue weighted by Gasteiger charge is 2.11. The summed E-state index contributed by atoms with van der Waals surface area (Å²) in [6.45, 7) is 0. The van der Waals surface area contributed by atoms with Gasteiger partial charge in [-0.2, -0.15) is 0 Å². The summed E-state index contributed by atoms with van der Waals surface area (Å²) < 4.78 is 0.367. The molecule has 2 rings (SSSR count). The summed E-state index contributed by atoms with van der Waals surface area (Å²) in [7, 11) is 0. The van der Waals surface area contributed by atoms with Crippen LogP contribution >= 0.6 is 63.7 Å². The molecule has 0 nitrogen and oxygen atoms in total. The third-order valence-corrected chi connectivity index (χ3v) is 4.43. The number of rotatable bonds is 2. The maximum absolute atomic E-state index is 3.56. The average Bonchev–Trinajstić information content (AvgIpc) is 2.27. The van der Waals surface area contributed by atoms with E-state index in [2.05, 4.69) is 100 Å². The molecule has 0 saturated heterocycles. The Labute approximate surface area is 128 Å². The number of hydrogen-bond acceptors (Lipinski definition) is 0. The van der Waals surface area contributed by atoms with Gasteiger partial charge in [0.05, 0.1) is 7.47 Å². The summed E-state index contributed by atoms with van der Waals surface area (Å²) >= 11 is 14.2. The minimum Gasteiger partial charge on any atom is -0.0712 e. The quantitative estimate of drug-likeness (QED) is 0.444. The van der Waals surface area contributed by atoms with Crippen LogP contribution in [-0.2, 0) is 0 Å². The Balaban J connectivity index is 2.76. The van der Waals surface area contributed by atoms with Gasteiger partial charge in [0, 0.05) is 0 Å². The standard InChI is InChI=1S/C12H8Br4/c13-11(14)9-5-1-3-7-8(9)4-2-6-10(7)12(15)16/h1-6,11-12H. The van der Waals surface area contributed by atoms with Crippen LogP contribution in [-0.4, -0.2) is 0 Å². The number of hydrogen-bond donors (Lipinski definition) is 0. The summed E-state index contributed by atoms with van der Waals surface area (Å²) in [6.07, 6.45) is 0. The van der Waals surface area contributed by atoms with Crippen LogP contribution in [0.3, 0.4) is 0 Å². The predicted octanol–water partition coefficient (Wildman–Crippen LogP) is 6.42. The zero-order valence-corrected chi connectivity index (χ0v) is 14.5. The lowest BCUT2D eigenvalue weighted by Gasteiger charge is -2.11. The van der Waals surface area contributed by atoms with Crippen LogP contribution in [0.4, 0.5) is 0 Å². The Morgan fingerprint density at radius 3 is 1.31 bits per heavy atom. The lowest BCUT2D eigenvalue weighted by molar-refractivity contribution is 1.43. The number of alkyl halides is 4. The highest BCUT2D eigenvalue weighted by molar-refractivity contribution is 9.24. The van der Waals surface area contributed by atoms with E-state index in [1.165, 1.54) is 21.9 Å². The van der Waals surface area contributed by atoms with Crippen molar-refractivity contribution in [3.63, 3.8) is 0 Å². The molecule has 0 saturated carbocycles. The van der Waals surface area contributed by atoms with Crippen molar-refractivity contribution in [1.29, 1.82) is 0 Å². The smallest absolute Gasteiger partial charge is 0.0712 e. The van der Waals surface area contributed by atoms with E-state index in [0.29, 0.717) is 0 Å². The molecule has 16 heavy (non-hydrogen) atoms. The van der Waals surface area contributed by atoms with Crippen LogP contribution in [0, 0.1) is 0 Å². The first kappa shape index (κ1) is 13.1. The van der Waals surface area contributed by atoms with E-state index in [-0.39, 0.29) is 7.47 Å². The highest BCUT2D eigenvalue weighted by atomic mass is 79.9. The van der Waals surface area contributed by atoms with Gasteiger partial charge < -0.3 is 0 Å². The van der Waals surface area contributed by atoms with E-state index < -0.39 is 0 Å². The molecule has 0 atom stereocenters. The molecule has 0 aliphatic heterocycles. The molecule has 0 amide bonds. The Kier molecular flexibility index (Phi) is 4.50. The van der Waals surface area contributed by atoms with Gasteiger partial charge in [0.2, 0.25) is 0 Å². The fraction of sp³-hybridized carbons (Fsp3) is 0.167. The largest absolute Gasteiger partial charge is 0.0952 e. The van der Waals surface area contributed by atoms with Gasteiger partial charge in [-0.25, -0.2) is 0 Å². The van der Waals surface area contributed by atoms with Crippen molar-refractivity contribution in [2.75, 3.05) is 0 Å². The molecule has 0 radical (unpaired) electrons. The van der Waals surface area contributed by atoms with Crippen LogP contribution < -0.4 is 0 Å². The van der Waals surface area contributed by atoms with Gasteiger partial charge in [-0.05, 0) is 21.9 Å². The van der Waals surface area contributed by atoms with E-state index >= 15 is 0 Å². The van der Waals surface area contributed by atoms with E-state index in [9.17, 15) is 0 Å². The van der Waals surface area contributed by atoms with Gasteiger partial charge >= 0.3 is 0 Å². The molecule has 0 N–H and O–H groups in total. The van der Waals surface area contributed by atoms with Crippen LogP contribution in [0.1, 0.15) is 18.6 Å². The molecule has 0 spiro atoms. The molecule has 2 aromatic carbocycles. The summed E-state index contributed by atoms with van der Waals surface area (Å²) in [5.74, 6) is 0. The van der Waals surface area contributed by atoms with E-state index in [1.54, 1.807) is 0 Å². The molecule has 0 unspecified atom stereocenters. The molecule has 2 aromatic rings. The predicted molar refractivity (Wildman–Crippen MR) is 85.1 cm³/mol. The summed E-state index contributed by atoms with van der Waals surface area (Å²) in [5, 5.41) is 2.53. The average molecular weight is 472 g/mol. The molecule has 0 aliphatic rings. The summed E-state index contributed by atoms with van der Waals surface area (Å²) in [4.78, 5) is 0. The van der Waals surface area contributed by atoms with Crippen LogP contribution in [0.25, 0.3) is 10.8 Å². The number of halogens is 4. The number of benzene rings is 2. The van der Waals surface area contributed by atoms with Crippen molar-refractivity contribution >= 4 is 74.5 Å². The monoisotopic (exact) mass is 468 g/mol. The molecule has 0 fully saturated rings. The summed E-state index contributed by atoms with van der Waals surface area (Å²) in [6, 6.07) is 12.7. The Hall–Kier alpha value is 0.620. The van der Waals surface area contributed by atoms with Crippen molar-refractivity contribution in [3.05, 3.63) is 47.5 Å². The van der Waals surface area contributed by atoms with Crippen molar-refractivity contribution in [2.45, 2.75) is 7.47 Å². The Bertz CT molecular complexity index is 458. The van der Waals surface area contributed by atoms with Crippen LogP contribution in [0.2, 0.25) is 0 Å². The zero-order chi connectivity index (χ0) is 11.7. The third-order valence-electron chi connectivity index (χ3n) is 2.46. The first-order valence-corrected chi connectivity index (χ1v) is 8.35. The molecule has 0 aliphatic carbocycles. The SMILES string of the molecule is BrC(Br)c1cccc2c(C(Br)Br)cccc12. The number of fused-ring (bicyclic) bond motifs is 1. The van der Waals surface area contributed by atoms with Crippen LogP contribution in [0.15, 0.2) is 36.4 Å². The highest BCUT2D eigenvalue weighted by Crippen LogP contribution is 2.39. The minimum atomic E-state index is 0.183. The third kappa shape index (κ3) is 2.55. The van der Waals surface area contributed by atoms with E-state index in [1.807, 2.05) is 0 Å². The van der Waals surface area contributed by atoms with Gasteiger partial charge in [0.1, 0.15) is 0 Å². The van der Waals surface area contributed by atoms with Gasteiger partial charge in [0.25, 0.3) is 0 Å². The van der Waals surface area contributed by atoms with Gasteiger partial charge in [0.15, 0.2) is 0 Å². The molecule has 84 valence electrons. The first-order chi connectivity index (χ1) is 7.61. The van der Waals surface area contributed by atoms with Crippen molar-refractivity contribution in [2.24, 2.45) is 0 Å². The fourth-order valence-electron chi connectivity index (χ4n) is 1.74. The Morgan fingerprint density at radius 1 is 0.625 bits per heavy atom. The van der Waals surface area contributed by atoms with Gasteiger partial charge in [-0.3, -0.25) is 0 Å². The molecule has 0 heterocycles. The van der Waals surface area contributed by atoms with Gasteiger partial charge in [-0.1, -0.05) is 100 Å². The van der Waals surface area contributed by atoms with Crippen molar-refractivity contribution < 1.29 is 0 Å². The maximum Gasteiger partial charge on any atom is 0.0952 e. The second-order valence-corrected chi connectivity index (χ2v) is 9.51. The second kappa shape index (κ2) is 5.51. The molecule has 0 aromatic heterocycles. The minimum absolute atomic E-state index is 0.183. The lowest BCUT2D eigenvalue weighted by atomic mass is 10.0. The van der Waals surface area contributed by atoms with Crippen molar-refractivity contribution in [1.82, 2.24) is 0 Å². The topological polar surface area (TPSA) is 0 Å². The normalized spacial score (nSPS) is 11.6. The Morgan fingerprint density at radius 2 is 1.00 bits per heavy atom. The van der Waals surface area contributed by atoms with Gasteiger partial charge in [-0.15, -0.1) is 0 Å². The maximum atomic E-state index is 3.56. The zero-order valence-electron chi connectivity index (χ0n) is 8.13. The molecular formula is C12H8Br4. The molecular weight excluding hydrogens is 464 g/mol. The van der Waals surface area contributed by atoms with Crippen molar-refractivity contribution in [3.8, 4) is 0 Å². The summed E-state index contributed by atoms with van der Waals surface area (Å²) in [5.41, 5.74) is 2.50. The van der Waals surface area contributed by atoms with Crippen LogP contribution in [0.5, 0.6) is 0 Å². The van der Waals surface area contributed by atoms with E-state index in [0.717, 1.165) is 0 Å². The van der Waals surface area contributed by atoms with E-state index in [4.69, 9.17) is 0 Å².